The molecule has 0 bridgehead atoms. The topological polar surface area (TPSA) is 61.9 Å². The summed E-state index contributed by atoms with van der Waals surface area (Å²) >= 11 is 5.63. The van der Waals surface area contributed by atoms with E-state index in [0.29, 0.717) is 12.4 Å². The third-order valence-electron chi connectivity index (χ3n) is 1.57. The maximum Gasteiger partial charge on any atom is 0.240 e. The van der Waals surface area contributed by atoms with Gasteiger partial charge in [0.05, 0.1) is 6.54 Å². The summed E-state index contributed by atoms with van der Waals surface area (Å²) < 4.78 is 0. The van der Waals surface area contributed by atoms with E-state index in [-0.39, 0.29) is 5.91 Å². The molecule has 0 aliphatic carbocycles. The van der Waals surface area contributed by atoms with Crippen molar-refractivity contribution in [2.24, 2.45) is 0 Å². The van der Waals surface area contributed by atoms with Crippen molar-refractivity contribution in [1.29, 1.82) is 0 Å². The number of hydrogen-bond donors (Lipinski definition) is 1. The zero-order valence-electron chi connectivity index (χ0n) is 7.49. The molecule has 0 saturated carbocycles. The quantitative estimate of drug-likeness (QED) is 0.722. The average molecular weight is 203 g/mol. The van der Waals surface area contributed by atoms with Crippen LogP contribution in [0.15, 0.2) is 6.33 Å². The van der Waals surface area contributed by atoms with Crippen LogP contribution in [0.3, 0.4) is 0 Å². The van der Waals surface area contributed by atoms with Gasteiger partial charge in [-0.05, 0) is 6.92 Å². The van der Waals surface area contributed by atoms with E-state index in [0.717, 1.165) is 0 Å². The number of carbonyl (C=O) groups excluding carboxylic acids is 1. The largest absolute Gasteiger partial charge is 0.337 e. The van der Waals surface area contributed by atoms with Crippen LogP contribution in [0.5, 0.6) is 0 Å². The monoisotopic (exact) mass is 202 g/mol. The molecule has 1 rings (SSSR count). The molecule has 1 N–H and O–H groups in total. The molecule has 0 saturated heterocycles. The molecule has 72 valence electrons. The van der Waals surface area contributed by atoms with Gasteiger partial charge in [0.1, 0.15) is 17.5 Å². The van der Waals surface area contributed by atoms with Gasteiger partial charge >= 0.3 is 0 Å². The number of nitrogens with one attached hydrogen (secondary N) is 1. The van der Waals surface area contributed by atoms with Crippen LogP contribution in [0.2, 0.25) is 0 Å². The van der Waals surface area contributed by atoms with Crippen LogP contribution in [-0.2, 0) is 11.3 Å². The maximum atomic E-state index is 11.3. The number of aromatic amines is 1. The molecule has 5 nitrogen and oxygen atoms in total. The van der Waals surface area contributed by atoms with E-state index in [9.17, 15) is 4.79 Å². The molecular formula is C7H11ClN4O. The van der Waals surface area contributed by atoms with E-state index >= 15 is 0 Å². The minimum absolute atomic E-state index is 0.127. The zero-order chi connectivity index (χ0) is 9.84. The number of rotatable bonds is 3. The molecule has 13 heavy (non-hydrogen) atoms. The number of H-pyrrole nitrogens is 1. The molecule has 0 aliphatic rings. The Morgan fingerprint density at radius 3 is 3.00 bits per heavy atom. The Kier molecular flexibility index (Phi) is 3.25. The summed E-state index contributed by atoms with van der Waals surface area (Å²) in [4.78, 5) is 16.7. The molecule has 1 aromatic rings. The highest BCUT2D eigenvalue weighted by Crippen LogP contribution is 2.02. The zero-order valence-corrected chi connectivity index (χ0v) is 8.25. The Morgan fingerprint density at radius 1 is 1.85 bits per heavy atom. The number of carbonyl (C=O) groups is 1. The average Bonchev–Trinajstić information content (AvgIpc) is 2.55. The van der Waals surface area contributed by atoms with Gasteiger partial charge in [0.25, 0.3) is 0 Å². The van der Waals surface area contributed by atoms with Crippen LogP contribution in [-0.4, -0.2) is 38.4 Å². The van der Waals surface area contributed by atoms with Crippen molar-refractivity contribution < 1.29 is 4.79 Å². The van der Waals surface area contributed by atoms with Crippen LogP contribution in [0.4, 0.5) is 0 Å². The number of nitrogens with zero attached hydrogens (tertiary/aromatic N) is 3. The highest BCUT2D eigenvalue weighted by atomic mass is 35.5. The molecule has 0 spiro atoms. The molecule has 6 heteroatoms. The number of alkyl halides is 1. The van der Waals surface area contributed by atoms with Crippen LogP contribution in [0.1, 0.15) is 12.7 Å². The van der Waals surface area contributed by atoms with Gasteiger partial charge in [0.15, 0.2) is 0 Å². The first-order valence-electron chi connectivity index (χ1n) is 3.84. The van der Waals surface area contributed by atoms with Gasteiger partial charge in [-0.3, -0.25) is 9.89 Å². The van der Waals surface area contributed by atoms with Gasteiger partial charge < -0.3 is 4.90 Å². The van der Waals surface area contributed by atoms with Crippen molar-refractivity contribution in [3.05, 3.63) is 12.2 Å². The van der Waals surface area contributed by atoms with Gasteiger partial charge in [-0.2, -0.15) is 5.10 Å². The summed E-state index contributed by atoms with van der Waals surface area (Å²) in [5.74, 6) is 0.520. The second-order valence-electron chi connectivity index (χ2n) is 2.74. The molecular weight excluding hydrogens is 192 g/mol. The minimum atomic E-state index is -0.507. The van der Waals surface area contributed by atoms with Crippen molar-refractivity contribution in [3.63, 3.8) is 0 Å². The van der Waals surface area contributed by atoms with Crippen molar-refractivity contribution in [2.75, 3.05) is 7.05 Å². The van der Waals surface area contributed by atoms with E-state index in [1.807, 2.05) is 0 Å². The Hall–Kier alpha value is -1.10. The molecule has 1 heterocycles. The van der Waals surface area contributed by atoms with E-state index in [4.69, 9.17) is 11.6 Å². The lowest BCUT2D eigenvalue weighted by Crippen LogP contribution is -2.32. The lowest BCUT2D eigenvalue weighted by molar-refractivity contribution is -0.129. The number of amides is 1. The fourth-order valence-corrected chi connectivity index (χ4v) is 1.08. The maximum absolute atomic E-state index is 11.3. The van der Waals surface area contributed by atoms with E-state index in [1.165, 1.54) is 11.2 Å². The predicted molar refractivity (Wildman–Crippen MR) is 48.2 cm³/mol. The van der Waals surface area contributed by atoms with E-state index < -0.39 is 5.38 Å². The smallest absolute Gasteiger partial charge is 0.240 e. The van der Waals surface area contributed by atoms with E-state index in [2.05, 4.69) is 15.2 Å². The first-order chi connectivity index (χ1) is 6.11. The third kappa shape index (κ3) is 2.69. The van der Waals surface area contributed by atoms with Crippen molar-refractivity contribution >= 4 is 17.5 Å². The van der Waals surface area contributed by atoms with Crippen molar-refractivity contribution in [1.82, 2.24) is 20.1 Å². The fraction of sp³-hybridized carbons (Fsp3) is 0.571. The summed E-state index contributed by atoms with van der Waals surface area (Å²) in [6.45, 7) is 2.04. The molecule has 1 amide bonds. The Labute approximate surface area is 81.1 Å². The highest BCUT2D eigenvalue weighted by Gasteiger charge is 2.15. The number of halogens is 1. The lowest BCUT2D eigenvalue weighted by atomic mass is 10.4. The van der Waals surface area contributed by atoms with Crippen LogP contribution in [0, 0.1) is 0 Å². The second kappa shape index (κ2) is 4.23. The van der Waals surface area contributed by atoms with Gasteiger partial charge in [0.2, 0.25) is 5.91 Å². The molecule has 1 atom stereocenters. The molecule has 1 unspecified atom stereocenters. The third-order valence-corrected chi connectivity index (χ3v) is 1.76. The van der Waals surface area contributed by atoms with Crippen LogP contribution < -0.4 is 0 Å². The van der Waals surface area contributed by atoms with Gasteiger partial charge in [-0.25, -0.2) is 4.98 Å². The summed E-state index contributed by atoms with van der Waals surface area (Å²) in [6.07, 6.45) is 1.40. The van der Waals surface area contributed by atoms with Crippen molar-refractivity contribution in [2.45, 2.75) is 18.8 Å². The minimum Gasteiger partial charge on any atom is -0.337 e. The van der Waals surface area contributed by atoms with Crippen LogP contribution in [0.25, 0.3) is 0 Å². The van der Waals surface area contributed by atoms with Gasteiger partial charge in [-0.1, -0.05) is 0 Å². The first kappa shape index (κ1) is 9.98. The molecule has 0 aromatic carbocycles. The predicted octanol–water partition coefficient (Wildman–Crippen LogP) is 0.390. The summed E-state index contributed by atoms with van der Waals surface area (Å²) in [7, 11) is 1.67. The standard InChI is InChI=1S/C7H11ClN4O/c1-5(8)7(13)12(2)3-6-9-4-10-11-6/h4-5H,3H2,1-2H3,(H,9,10,11). The lowest BCUT2D eigenvalue weighted by Gasteiger charge is -2.16. The van der Waals surface area contributed by atoms with Gasteiger partial charge in [0, 0.05) is 7.05 Å². The normalized spacial score (nSPS) is 12.5. The molecule has 0 aliphatic heterocycles. The van der Waals surface area contributed by atoms with Crippen molar-refractivity contribution in [3.8, 4) is 0 Å². The highest BCUT2D eigenvalue weighted by molar-refractivity contribution is 6.30. The molecule has 0 radical (unpaired) electrons. The number of hydrogen-bond acceptors (Lipinski definition) is 3. The fourth-order valence-electron chi connectivity index (χ4n) is 0.913. The summed E-state index contributed by atoms with van der Waals surface area (Å²) in [6, 6.07) is 0. The Bertz CT molecular complexity index is 272. The SMILES string of the molecule is CC(Cl)C(=O)N(C)Cc1ncn[nH]1. The second-order valence-corrected chi connectivity index (χ2v) is 3.40. The first-order valence-corrected chi connectivity index (χ1v) is 4.28. The summed E-state index contributed by atoms with van der Waals surface area (Å²) in [5, 5.41) is 5.83. The van der Waals surface area contributed by atoms with E-state index in [1.54, 1.807) is 14.0 Å². The Morgan fingerprint density at radius 2 is 2.54 bits per heavy atom. The summed E-state index contributed by atoms with van der Waals surface area (Å²) in [5.41, 5.74) is 0. The molecule has 1 aromatic heterocycles. The molecule has 0 fully saturated rings. The Balaban J connectivity index is 2.51. The number of aromatic nitrogens is 3. The van der Waals surface area contributed by atoms with Crippen LogP contribution >= 0.6 is 11.6 Å². The van der Waals surface area contributed by atoms with Gasteiger partial charge in [-0.15, -0.1) is 11.6 Å².